The highest BCUT2D eigenvalue weighted by atomic mass is 16.5. The molecule has 94 valence electrons. The lowest BCUT2D eigenvalue weighted by atomic mass is 9.83. The monoisotopic (exact) mass is 231 g/mol. The molecule has 1 aliphatic rings. The molecular formula is C11H21NO4. The van der Waals surface area contributed by atoms with Crippen LogP contribution in [0.25, 0.3) is 0 Å². The third-order valence-corrected chi connectivity index (χ3v) is 2.97. The molecule has 1 atom stereocenters. The molecule has 0 spiro atoms. The van der Waals surface area contributed by atoms with Gasteiger partial charge in [-0.05, 0) is 12.8 Å². The van der Waals surface area contributed by atoms with E-state index in [-0.39, 0.29) is 13.2 Å². The lowest BCUT2D eigenvalue weighted by Gasteiger charge is -2.36. The van der Waals surface area contributed by atoms with Gasteiger partial charge in [-0.25, -0.2) is 0 Å². The fraction of sp³-hybridized carbons (Fsp3) is 0.909. The van der Waals surface area contributed by atoms with Crippen molar-refractivity contribution in [1.82, 2.24) is 4.90 Å². The predicted molar refractivity (Wildman–Crippen MR) is 59.2 cm³/mol. The Morgan fingerprint density at radius 3 is 2.44 bits per heavy atom. The molecule has 0 saturated carbocycles. The van der Waals surface area contributed by atoms with Crippen LogP contribution in [0.15, 0.2) is 0 Å². The second kappa shape index (κ2) is 6.96. The van der Waals surface area contributed by atoms with Gasteiger partial charge in [0.1, 0.15) is 6.29 Å². The lowest BCUT2D eigenvalue weighted by Crippen LogP contribution is -2.46. The van der Waals surface area contributed by atoms with Gasteiger partial charge >= 0.3 is 0 Å². The summed E-state index contributed by atoms with van der Waals surface area (Å²) >= 11 is 0. The van der Waals surface area contributed by atoms with Crippen molar-refractivity contribution in [2.24, 2.45) is 5.41 Å². The Labute approximate surface area is 96.0 Å². The Balaban J connectivity index is 2.53. The van der Waals surface area contributed by atoms with Crippen molar-refractivity contribution in [1.29, 1.82) is 0 Å². The standard InChI is InChI=1S/C11H21NO4/c13-5-3-12(4-6-14)8-11(9-15)2-1-7-16-10-11/h9,13-14H,1-8,10H2. The average molecular weight is 231 g/mol. The van der Waals surface area contributed by atoms with Crippen LogP contribution in [0.3, 0.4) is 0 Å². The Bertz CT molecular complexity index is 198. The van der Waals surface area contributed by atoms with Gasteiger partial charge in [0.15, 0.2) is 0 Å². The Kier molecular flexibility index (Phi) is 5.90. The van der Waals surface area contributed by atoms with Crippen LogP contribution in [0.5, 0.6) is 0 Å². The van der Waals surface area contributed by atoms with E-state index in [2.05, 4.69) is 0 Å². The zero-order chi connectivity index (χ0) is 11.9. The van der Waals surface area contributed by atoms with E-state index in [0.29, 0.717) is 26.2 Å². The third-order valence-electron chi connectivity index (χ3n) is 2.97. The molecule has 0 aromatic rings. The summed E-state index contributed by atoms with van der Waals surface area (Å²) in [7, 11) is 0. The smallest absolute Gasteiger partial charge is 0.129 e. The first kappa shape index (κ1) is 13.6. The molecule has 0 aromatic heterocycles. The molecule has 0 bridgehead atoms. The van der Waals surface area contributed by atoms with Crippen LogP contribution in [-0.2, 0) is 9.53 Å². The van der Waals surface area contributed by atoms with Crippen LogP contribution in [0, 0.1) is 5.41 Å². The number of rotatable bonds is 7. The van der Waals surface area contributed by atoms with Crippen LogP contribution in [0.2, 0.25) is 0 Å². The molecule has 0 aromatic carbocycles. The summed E-state index contributed by atoms with van der Waals surface area (Å²) in [5.74, 6) is 0. The van der Waals surface area contributed by atoms with E-state index < -0.39 is 5.41 Å². The second-order valence-electron chi connectivity index (χ2n) is 4.36. The number of ether oxygens (including phenoxy) is 1. The molecule has 0 aliphatic carbocycles. The van der Waals surface area contributed by atoms with Crippen LogP contribution >= 0.6 is 0 Å². The lowest BCUT2D eigenvalue weighted by molar-refractivity contribution is -0.126. The Hall–Kier alpha value is -0.490. The van der Waals surface area contributed by atoms with Gasteiger partial charge in [-0.3, -0.25) is 4.90 Å². The number of aliphatic hydroxyl groups excluding tert-OH is 2. The summed E-state index contributed by atoms with van der Waals surface area (Å²) in [6.45, 7) is 2.76. The van der Waals surface area contributed by atoms with Crippen LogP contribution in [0.4, 0.5) is 0 Å². The molecule has 1 fully saturated rings. The first-order valence-electron chi connectivity index (χ1n) is 5.74. The Morgan fingerprint density at radius 1 is 1.31 bits per heavy atom. The molecule has 0 amide bonds. The summed E-state index contributed by atoms with van der Waals surface area (Å²) in [6.07, 6.45) is 2.68. The number of hydrogen-bond acceptors (Lipinski definition) is 5. The maximum Gasteiger partial charge on any atom is 0.129 e. The second-order valence-corrected chi connectivity index (χ2v) is 4.36. The fourth-order valence-electron chi connectivity index (χ4n) is 2.13. The zero-order valence-electron chi connectivity index (χ0n) is 9.60. The number of hydrogen-bond donors (Lipinski definition) is 2. The van der Waals surface area contributed by atoms with E-state index in [1.54, 1.807) is 0 Å². The molecule has 0 radical (unpaired) electrons. The number of carbonyl (C=O) groups is 1. The number of aliphatic hydroxyl groups is 2. The minimum absolute atomic E-state index is 0.0375. The van der Waals surface area contributed by atoms with Crippen molar-refractivity contribution in [2.45, 2.75) is 12.8 Å². The molecule has 1 saturated heterocycles. The van der Waals surface area contributed by atoms with Gasteiger partial charge in [0.2, 0.25) is 0 Å². The summed E-state index contributed by atoms with van der Waals surface area (Å²) in [5, 5.41) is 17.8. The van der Waals surface area contributed by atoms with E-state index in [4.69, 9.17) is 14.9 Å². The van der Waals surface area contributed by atoms with Crippen LogP contribution in [-0.4, -0.2) is 67.5 Å². The van der Waals surface area contributed by atoms with Crippen LogP contribution in [0.1, 0.15) is 12.8 Å². The van der Waals surface area contributed by atoms with Gasteiger partial charge in [-0.15, -0.1) is 0 Å². The average Bonchev–Trinajstić information content (AvgIpc) is 2.31. The van der Waals surface area contributed by atoms with Crippen molar-refractivity contribution in [3.8, 4) is 0 Å². The van der Waals surface area contributed by atoms with Gasteiger partial charge in [-0.2, -0.15) is 0 Å². The van der Waals surface area contributed by atoms with Gasteiger partial charge in [0.25, 0.3) is 0 Å². The van der Waals surface area contributed by atoms with E-state index in [9.17, 15) is 4.79 Å². The molecule has 1 rings (SSSR count). The number of aldehydes is 1. The molecule has 5 nitrogen and oxygen atoms in total. The summed E-state index contributed by atoms with van der Waals surface area (Å²) in [5.41, 5.74) is -0.456. The van der Waals surface area contributed by atoms with E-state index in [1.165, 1.54) is 0 Å². The first-order chi connectivity index (χ1) is 7.76. The molecular weight excluding hydrogens is 210 g/mol. The molecule has 1 unspecified atom stereocenters. The third kappa shape index (κ3) is 3.83. The summed E-state index contributed by atoms with van der Waals surface area (Å²) in [6, 6.07) is 0. The van der Waals surface area contributed by atoms with E-state index in [1.807, 2.05) is 4.90 Å². The van der Waals surface area contributed by atoms with E-state index >= 15 is 0 Å². The molecule has 1 aliphatic heterocycles. The molecule has 16 heavy (non-hydrogen) atoms. The highest BCUT2D eigenvalue weighted by Crippen LogP contribution is 2.27. The van der Waals surface area contributed by atoms with Crippen molar-refractivity contribution < 1.29 is 19.7 Å². The maximum absolute atomic E-state index is 11.2. The van der Waals surface area contributed by atoms with Gasteiger partial charge in [-0.1, -0.05) is 0 Å². The van der Waals surface area contributed by atoms with Gasteiger partial charge in [0, 0.05) is 26.2 Å². The van der Waals surface area contributed by atoms with Crippen molar-refractivity contribution in [2.75, 3.05) is 46.1 Å². The minimum Gasteiger partial charge on any atom is -0.395 e. The van der Waals surface area contributed by atoms with Crippen LogP contribution < -0.4 is 0 Å². The van der Waals surface area contributed by atoms with Crippen molar-refractivity contribution >= 4 is 6.29 Å². The minimum atomic E-state index is -0.456. The van der Waals surface area contributed by atoms with E-state index in [0.717, 1.165) is 25.7 Å². The van der Waals surface area contributed by atoms with Crippen molar-refractivity contribution in [3.05, 3.63) is 0 Å². The SMILES string of the molecule is O=CC1(CN(CCO)CCO)CCCOC1. The Morgan fingerprint density at radius 2 is 2.00 bits per heavy atom. The number of nitrogens with zero attached hydrogens (tertiary/aromatic N) is 1. The van der Waals surface area contributed by atoms with Crippen molar-refractivity contribution in [3.63, 3.8) is 0 Å². The molecule has 2 N–H and O–H groups in total. The normalized spacial score (nSPS) is 25.9. The van der Waals surface area contributed by atoms with Gasteiger partial charge in [0.05, 0.1) is 25.2 Å². The zero-order valence-corrected chi connectivity index (χ0v) is 9.60. The maximum atomic E-state index is 11.2. The van der Waals surface area contributed by atoms with Gasteiger partial charge < -0.3 is 19.7 Å². The highest BCUT2D eigenvalue weighted by Gasteiger charge is 2.34. The first-order valence-corrected chi connectivity index (χ1v) is 5.74. The topological polar surface area (TPSA) is 70.0 Å². The number of carbonyl (C=O) groups excluding carboxylic acids is 1. The summed E-state index contributed by atoms with van der Waals surface area (Å²) < 4.78 is 5.35. The largest absolute Gasteiger partial charge is 0.395 e. The summed E-state index contributed by atoms with van der Waals surface area (Å²) in [4.78, 5) is 13.1. The molecule has 1 heterocycles. The molecule has 5 heteroatoms. The predicted octanol–water partition coefficient (Wildman–Crippen LogP) is -0.731. The fourth-order valence-corrected chi connectivity index (χ4v) is 2.13. The quantitative estimate of drug-likeness (QED) is 0.565. The highest BCUT2D eigenvalue weighted by molar-refractivity contribution is 5.60.